The van der Waals surface area contributed by atoms with Crippen LogP contribution in [-0.4, -0.2) is 52.2 Å². The molecular weight excluding hydrogens is 479 g/mol. The molecule has 4 nitrogen and oxygen atoms in total. The van der Waals surface area contributed by atoms with Crippen LogP contribution in [-0.2, 0) is 4.43 Å². The average Bonchev–Trinajstić information content (AvgIpc) is 2.46. The lowest BCUT2D eigenvalue weighted by Gasteiger charge is -2.46. The summed E-state index contributed by atoms with van der Waals surface area (Å²) in [5, 5.41) is 0. The minimum atomic E-state index is -1.79. The molecular formula is C23H51NO3Si5. The summed E-state index contributed by atoms with van der Waals surface area (Å²) in [7, 11) is -8.30. The molecule has 0 aliphatic heterocycles. The minimum absolute atomic E-state index is 0.0463. The largest absolute Gasteiger partial charge is 0.542 e. The Bertz CT molecular complexity index is 739. The third kappa shape index (κ3) is 10.8. The van der Waals surface area contributed by atoms with Crippen molar-refractivity contribution in [1.29, 1.82) is 0 Å². The Balaban J connectivity index is 3.53. The molecule has 186 valence electrons. The molecule has 0 saturated heterocycles. The maximum atomic E-state index is 6.84. The molecule has 1 aromatic carbocycles. The number of benzene rings is 1. The van der Waals surface area contributed by atoms with E-state index in [-0.39, 0.29) is 6.10 Å². The predicted molar refractivity (Wildman–Crippen MR) is 155 cm³/mol. The molecule has 0 amide bonds. The quantitative estimate of drug-likeness (QED) is 0.272. The summed E-state index contributed by atoms with van der Waals surface area (Å²) < 4.78 is 22.6. The molecule has 0 N–H and O–H groups in total. The second kappa shape index (κ2) is 10.2. The van der Waals surface area contributed by atoms with Crippen molar-refractivity contribution in [3.63, 3.8) is 0 Å². The van der Waals surface area contributed by atoms with Crippen molar-refractivity contribution in [3.8, 4) is 11.5 Å². The van der Waals surface area contributed by atoms with Crippen LogP contribution in [0.2, 0.25) is 98.2 Å². The summed E-state index contributed by atoms with van der Waals surface area (Å²) in [5.74, 6) is 1.77. The van der Waals surface area contributed by atoms with Crippen LogP contribution in [0.25, 0.3) is 0 Å². The van der Waals surface area contributed by atoms with Gasteiger partial charge in [-0.25, -0.2) is 0 Å². The average molecular weight is 530 g/mol. The summed E-state index contributed by atoms with van der Waals surface area (Å²) in [6, 6.07) is 6.55. The molecule has 0 bridgehead atoms. The Labute approximate surface area is 204 Å². The van der Waals surface area contributed by atoms with Crippen molar-refractivity contribution in [3.05, 3.63) is 23.8 Å². The fraction of sp³-hybridized carbons (Fsp3) is 0.739. The SMILES string of the molecule is C[Si](C)(C)Oc1ccc(C(CN([Si](C)(C)C)[Si](C)(C)C)O[Si](C)(C)C)cc1O[Si](C)(C)C. The van der Waals surface area contributed by atoms with Gasteiger partial charge in [-0.1, -0.05) is 45.3 Å². The van der Waals surface area contributed by atoms with Gasteiger partial charge in [-0.15, -0.1) is 0 Å². The molecule has 0 aliphatic rings. The van der Waals surface area contributed by atoms with Crippen LogP contribution in [0.1, 0.15) is 11.7 Å². The lowest BCUT2D eigenvalue weighted by Crippen LogP contribution is -2.60. The molecule has 0 aromatic heterocycles. The first kappa shape index (κ1) is 29.9. The van der Waals surface area contributed by atoms with E-state index in [1.807, 2.05) is 0 Å². The summed E-state index contributed by atoms with van der Waals surface area (Å²) in [5.41, 5.74) is 1.21. The number of hydrogen-bond acceptors (Lipinski definition) is 4. The van der Waals surface area contributed by atoms with Crippen LogP contribution in [0.5, 0.6) is 11.5 Å². The van der Waals surface area contributed by atoms with Crippen molar-refractivity contribution in [1.82, 2.24) is 4.23 Å². The first-order chi connectivity index (χ1) is 14.0. The first-order valence-corrected chi connectivity index (χ1v) is 29.1. The van der Waals surface area contributed by atoms with E-state index < -0.39 is 41.4 Å². The topological polar surface area (TPSA) is 30.9 Å². The molecule has 9 heteroatoms. The second-order valence-electron chi connectivity index (χ2n) is 13.8. The van der Waals surface area contributed by atoms with Gasteiger partial charge in [0.1, 0.15) is 28.0 Å². The van der Waals surface area contributed by atoms with E-state index in [0.717, 1.165) is 18.0 Å². The summed E-state index contributed by atoms with van der Waals surface area (Å²) >= 11 is 0. The first-order valence-electron chi connectivity index (χ1n) is 12.0. The van der Waals surface area contributed by atoms with Gasteiger partial charge >= 0.3 is 0 Å². The van der Waals surface area contributed by atoms with Gasteiger partial charge in [-0.2, -0.15) is 0 Å². The van der Waals surface area contributed by atoms with Crippen molar-refractivity contribution in [2.45, 2.75) is 104 Å². The van der Waals surface area contributed by atoms with Gasteiger partial charge in [-0.05, 0) is 76.6 Å². The standard InChI is InChI=1S/C23H51NO3Si5/c1-28(2,3)24(29(4,5)6)19-23(27-32(13,14)15)20-16-17-21(25-30(7,8)9)22(18-20)26-31(10,11)12/h16-18,23H,19H2,1-15H3. The Morgan fingerprint density at radius 3 is 1.44 bits per heavy atom. The van der Waals surface area contributed by atoms with E-state index in [1.165, 1.54) is 5.56 Å². The van der Waals surface area contributed by atoms with Gasteiger partial charge in [0.05, 0.1) is 6.10 Å². The van der Waals surface area contributed by atoms with E-state index in [0.29, 0.717) is 0 Å². The lowest BCUT2D eigenvalue weighted by atomic mass is 10.1. The highest BCUT2D eigenvalue weighted by molar-refractivity contribution is 6.89. The fourth-order valence-electron chi connectivity index (χ4n) is 3.91. The fourth-order valence-corrected chi connectivity index (χ4v) is 16.1. The third-order valence-electron chi connectivity index (χ3n) is 4.64. The van der Waals surface area contributed by atoms with Crippen molar-refractivity contribution in [2.75, 3.05) is 6.54 Å². The zero-order chi connectivity index (χ0) is 25.3. The molecule has 1 aromatic rings. The normalized spacial score (nSPS) is 15.1. The molecule has 0 aliphatic carbocycles. The maximum Gasteiger partial charge on any atom is 0.242 e. The van der Waals surface area contributed by atoms with Crippen molar-refractivity contribution < 1.29 is 13.3 Å². The predicted octanol–water partition coefficient (Wildman–Crippen LogP) is 7.98. The van der Waals surface area contributed by atoms with Gasteiger partial charge in [0.15, 0.2) is 8.32 Å². The molecule has 0 radical (unpaired) electrons. The molecule has 1 atom stereocenters. The lowest BCUT2D eigenvalue weighted by molar-refractivity contribution is 0.181. The molecule has 0 heterocycles. The summed E-state index contributed by atoms with van der Waals surface area (Å²) in [6.45, 7) is 35.9. The number of rotatable bonds is 11. The third-order valence-corrected chi connectivity index (χ3v) is 14.9. The smallest absolute Gasteiger partial charge is 0.242 e. The van der Waals surface area contributed by atoms with E-state index in [4.69, 9.17) is 13.3 Å². The van der Waals surface area contributed by atoms with Crippen LogP contribution >= 0.6 is 0 Å². The van der Waals surface area contributed by atoms with Gasteiger partial charge in [0.2, 0.25) is 16.6 Å². The highest BCUT2D eigenvalue weighted by atomic mass is 28.4. The Kier molecular flexibility index (Phi) is 9.52. The Morgan fingerprint density at radius 2 is 1.06 bits per heavy atom. The van der Waals surface area contributed by atoms with E-state index in [1.54, 1.807) is 0 Å². The highest BCUT2D eigenvalue weighted by Gasteiger charge is 2.37. The van der Waals surface area contributed by atoms with Crippen LogP contribution < -0.4 is 8.85 Å². The van der Waals surface area contributed by atoms with E-state index >= 15 is 0 Å². The van der Waals surface area contributed by atoms with Crippen molar-refractivity contribution in [2.24, 2.45) is 0 Å². The summed E-state index contributed by atoms with van der Waals surface area (Å²) in [4.78, 5) is 0. The molecule has 1 rings (SSSR count). The van der Waals surface area contributed by atoms with Crippen LogP contribution in [0, 0.1) is 0 Å². The summed E-state index contributed by atoms with van der Waals surface area (Å²) in [6.07, 6.45) is 0.0463. The van der Waals surface area contributed by atoms with E-state index in [2.05, 4.69) is 121 Å². The zero-order valence-corrected chi connectivity index (χ0v) is 28.7. The Morgan fingerprint density at radius 1 is 0.625 bits per heavy atom. The van der Waals surface area contributed by atoms with Gasteiger partial charge < -0.3 is 17.5 Å². The number of hydrogen-bond donors (Lipinski definition) is 0. The van der Waals surface area contributed by atoms with Gasteiger partial charge in [0, 0.05) is 6.54 Å². The highest BCUT2D eigenvalue weighted by Crippen LogP contribution is 2.37. The second-order valence-corrected chi connectivity index (χ2v) is 37.3. The van der Waals surface area contributed by atoms with Crippen LogP contribution in [0.4, 0.5) is 0 Å². The maximum absolute atomic E-state index is 6.84. The molecule has 0 saturated carbocycles. The number of nitrogens with zero attached hydrogens (tertiary/aromatic N) is 1. The minimum Gasteiger partial charge on any atom is -0.542 e. The van der Waals surface area contributed by atoms with Gasteiger partial charge in [0.25, 0.3) is 0 Å². The molecule has 32 heavy (non-hydrogen) atoms. The van der Waals surface area contributed by atoms with Crippen LogP contribution in [0.15, 0.2) is 18.2 Å². The Hall–Kier alpha value is -0.176. The molecule has 0 fully saturated rings. The van der Waals surface area contributed by atoms with Crippen molar-refractivity contribution >= 4 is 41.4 Å². The van der Waals surface area contributed by atoms with E-state index in [9.17, 15) is 0 Å². The van der Waals surface area contributed by atoms with Gasteiger partial charge in [-0.3, -0.25) is 0 Å². The molecule has 0 spiro atoms. The van der Waals surface area contributed by atoms with Crippen LogP contribution in [0.3, 0.4) is 0 Å². The monoisotopic (exact) mass is 529 g/mol. The molecule has 1 unspecified atom stereocenters. The zero-order valence-electron chi connectivity index (χ0n) is 23.7.